The summed E-state index contributed by atoms with van der Waals surface area (Å²) in [5.74, 6) is 0.479. The first-order valence-corrected chi connectivity index (χ1v) is 8.49. The first-order chi connectivity index (χ1) is 10.6. The molecule has 4 nitrogen and oxygen atoms in total. The predicted octanol–water partition coefficient (Wildman–Crippen LogP) is 4.22. The van der Waals surface area contributed by atoms with Gasteiger partial charge in [-0.2, -0.15) is 5.10 Å². The maximum atomic E-state index is 12.1. The Morgan fingerprint density at radius 3 is 2.86 bits per heavy atom. The van der Waals surface area contributed by atoms with Gasteiger partial charge in [-0.25, -0.2) is 5.43 Å². The number of benzene rings is 2. The second-order valence-electron chi connectivity index (χ2n) is 4.29. The zero-order chi connectivity index (χ0) is 15.9. The summed E-state index contributed by atoms with van der Waals surface area (Å²) in [7, 11) is 0. The van der Waals surface area contributed by atoms with Gasteiger partial charge in [0.1, 0.15) is 5.75 Å². The number of rotatable bonds is 5. The quantitative estimate of drug-likeness (QED) is 0.402. The second kappa shape index (κ2) is 8.28. The molecule has 2 aromatic rings. The molecule has 0 aromatic heterocycles. The van der Waals surface area contributed by atoms with Crippen molar-refractivity contribution in [3.8, 4) is 5.75 Å². The van der Waals surface area contributed by atoms with Gasteiger partial charge >= 0.3 is 0 Å². The minimum atomic E-state index is -0.241. The van der Waals surface area contributed by atoms with Crippen LogP contribution in [0.5, 0.6) is 5.75 Å². The van der Waals surface area contributed by atoms with Crippen molar-refractivity contribution >= 4 is 50.6 Å². The number of nitrogens with zero attached hydrogens (tertiary/aromatic N) is 1. The van der Waals surface area contributed by atoms with Crippen LogP contribution in [0.2, 0.25) is 0 Å². The lowest BCUT2D eigenvalue weighted by molar-refractivity contribution is 0.0954. The van der Waals surface area contributed by atoms with Crippen molar-refractivity contribution in [2.45, 2.75) is 6.92 Å². The molecule has 0 aliphatic rings. The molecule has 114 valence electrons. The van der Waals surface area contributed by atoms with Crippen molar-refractivity contribution in [1.82, 2.24) is 5.43 Å². The van der Waals surface area contributed by atoms with Gasteiger partial charge in [-0.15, -0.1) is 0 Å². The van der Waals surface area contributed by atoms with Crippen LogP contribution in [0.3, 0.4) is 0 Å². The monoisotopic (exact) mass is 472 g/mol. The summed E-state index contributed by atoms with van der Waals surface area (Å²) in [5, 5.41) is 4.01. The molecule has 1 amide bonds. The number of hydrogen-bond donors (Lipinski definition) is 1. The van der Waals surface area contributed by atoms with Crippen LogP contribution >= 0.6 is 38.5 Å². The summed E-state index contributed by atoms with van der Waals surface area (Å²) in [6, 6.07) is 13.0. The first kappa shape index (κ1) is 17.0. The van der Waals surface area contributed by atoms with Gasteiger partial charge in [0.15, 0.2) is 0 Å². The van der Waals surface area contributed by atoms with E-state index in [1.54, 1.807) is 12.3 Å². The highest BCUT2D eigenvalue weighted by molar-refractivity contribution is 14.1. The number of carbonyl (C=O) groups excluding carboxylic acids is 1. The number of amides is 1. The summed E-state index contributed by atoms with van der Waals surface area (Å²) in [6.45, 7) is 2.49. The Labute approximate surface area is 151 Å². The van der Waals surface area contributed by atoms with E-state index in [0.29, 0.717) is 12.2 Å². The van der Waals surface area contributed by atoms with E-state index in [0.717, 1.165) is 19.4 Å². The Morgan fingerprint density at radius 2 is 2.14 bits per heavy atom. The minimum absolute atomic E-state index is 0.241. The number of halogens is 2. The molecule has 0 saturated carbocycles. The lowest BCUT2D eigenvalue weighted by atomic mass is 10.2. The van der Waals surface area contributed by atoms with Gasteiger partial charge < -0.3 is 4.74 Å². The van der Waals surface area contributed by atoms with Crippen LogP contribution in [-0.2, 0) is 0 Å². The van der Waals surface area contributed by atoms with E-state index in [9.17, 15) is 4.79 Å². The fourth-order valence-corrected chi connectivity index (χ4v) is 2.78. The van der Waals surface area contributed by atoms with Crippen molar-refractivity contribution in [1.29, 1.82) is 0 Å². The minimum Gasteiger partial charge on any atom is -0.493 e. The van der Waals surface area contributed by atoms with E-state index in [2.05, 4.69) is 49.0 Å². The molecule has 0 aliphatic carbocycles. The molecule has 0 unspecified atom stereocenters. The first-order valence-electron chi connectivity index (χ1n) is 6.62. The molecule has 22 heavy (non-hydrogen) atoms. The van der Waals surface area contributed by atoms with Gasteiger partial charge in [0.25, 0.3) is 5.91 Å². The topological polar surface area (TPSA) is 50.7 Å². The van der Waals surface area contributed by atoms with Crippen molar-refractivity contribution in [3.63, 3.8) is 0 Å². The lowest BCUT2D eigenvalue weighted by Crippen LogP contribution is -2.18. The van der Waals surface area contributed by atoms with E-state index in [1.165, 1.54) is 0 Å². The van der Waals surface area contributed by atoms with Gasteiger partial charge in [-0.05, 0) is 59.8 Å². The van der Waals surface area contributed by atoms with Crippen LogP contribution in [0.4, 0.5) is 0 Å². The molecule has 0 radical (unpaired) electrons. The van der Waals surface area contributed by atoms with E-state index in [-0.39, 0.29) is 5.91 Å². The molecule has 0 spiro atoms. The Morgan fingerprint density at radius 1 is 1.36 bits per heavy atom. The highest BCUT2D eigenvalue weighted by Gasteiger charge is 2.08. The molecule has 2 aromatic carbocycles. The van der Waals surface area contributed by atoms with Gasteiger partial charge in [-0.1, -0.05) is 28.1 Å². The maximum Gasteiger partial charge on any atom is 0.272 e. The van der Waals surface area contributed by atoms with Gasteiger partial charge in [-0.3, -0.25) is 4.79 Å². The molecular weight excluding hydrogens is 459 g/mol. The predicted molar refractivity (Wildman–Crippen MR) is 99.5 cm³/mol. The highest BCUT2D eigenvalue weighted by atomic mass is 127. The van der Waals surface area contributed by atoms with E-state index in [1.807, 2.05) is 43.3 Å². The number of hydrazone groups is 1. The largest absolute Gasteiger partial charge is 0.493 e. The van der Waals surface area contributed by atoms with Gasteiger partial charge in [0.2, 0.25) is 0 Å². The standard InChI is InChI=1S/C16H14BrIN2O2/c1-2-22-15-8-7-12(17)9-11(15)10-19-20-16(21)13-5-3-4-6-14(13)18/h3-10H,2H2,1H3,(H,20,21)/b19-10+. The Balaban J connectivity index is 2.11. The summed E-state index contributed by atoms with van der Waals surface area (Å²) >= 11 is 5.53. The third-order valence-corrected chi connectivity index (χ3v) is 4.19. The van der Waals surface area contributed by atoms with Gasteiger partial charge in [0, 0.05) is 13.6 Å². The SMILES string of the molecule is CCOc1ccc(Br)cc1/C=N/NC(=O)c1ccccc1I. The van der Waals surface area contributed by atoms with Crippen LogP contribution < -0.4 is 10.2 Å². The van der Waals surface area contributed by atoms with Crippen molar-refractivity contribution < 1.29 is 9.53 Å². The van der Waals surface area contributed by atoms with Gasteiger partial charge in [0.05, 0.1) is 18.4 Å². The molecule has 0 fully saturated rings. The second-order valence-corrected chi connectivity index (χ2v) is 6.37. The average molecular weight is 473 g/mol. The fourth-order valence-electron chi connectivity index (χ4n) is 1.77. The molecule has 2 rings (SSSR count). The van der Waals surface area contributed by atoms with E-state index >= 15 is 0 Å². The molecule has 0 saturated heterocycles. The lowest BCUT2D eigenvalue weighted by Gasteiger charge is -2.07. The van der Waals surface area contributed by atoms with Crippen molar-refractivity contribution in [3.05, 3.63) is 61.6 Å². The molecule has 0 bridgehead atoms. The smallest absolute Gasteiger partial charge is 0.272 e. The molecule has 0 heterocycles. The Bertz CT molecular complexity index is 704. The number of ether oxygens (including phenoxy) is 1. The maximum absolute atomic E-state index is 12.1. The van der Waals surface area contributed by atoms with Crippen LogP contribution in [0.1, 0.15) is 22.8 Å². The summed E-state index contributed by atoms with van der Waals surface area (Å²) in [5.41, 5.74) is 3.92. The molecule has 0 atom stereocenters. The normalized spacial score (nSPS) is 10.7. The van der Waals surface area contributed by atoms with Crippen molar-refractivity contribution in [2.75, 3.05) is 6.61 Å². The van der Waals surface area contributed by atoms with E-state index < -0.39 is 0 Å². The summed E-state index contributed by atoms with van der Waals surface area (Å²) in [6.07, 6.45) is 1.57. The zero-order valence-electron chi connectivity index (χ0n) is 11.8. The Kier molecular flexibility index (Phi) is 6.38. The third-order valence-electron chi connectivity index (χ3n) is 2.76. The van der Waals surface area contributed by atoms with Crippen LogP contribution in [0, 0.1) is 3.57 Å². The molecular formula is C16H14BrIN2O2. The van der Waals surface area contributed by atoms with Crippen LogP contribution in [0.25, 0.3) is 0 Å². The third kappa shape index (κ3) is 4.54. The number of hydrogen-bond acceptors (Lipinski definition) is 3. The summed E-state index contributed by atoms with van der Waals surface area (Å²) < 4.78 is 7.33. The number of carbonyl (C=O) groups is 1. The molecule has 1 N–H and O–H groups in total. The highest BCUT2D eigenvalue weighted by Crippen LogP contribution is 2.21. The molecule has 0 aliphatic heterocycles. The Hall–Kier alpha value is -1.41. The number of nitrogens with one attached hydrogen (secondary N) is 1. The van der Waals surface area contributed by atoms with E-state index in [4.69, 9.17) is 4.74 Å². The van der Waals surface area contributed by atoms with Crippen molar-refractivity contribution in [2.24, 2.45) is 5.10 Å². The average Bonchev–Trinajstić information content (AvgIpc) is 2.50. The van der Waals surface area contributed by atoms with Crippen LogP contribution in [-0.4, -0.2) is 18.7 Å². The fraction of sp³-hybridized carbons (Fsp3) is 0.125. The zero-order valence-corrected chi connectivity index (χ0v) is 15.6. The van der Waals surface area contributed by atoms with Crippen LogP contribution in [0.15, 0.2) is 52.0 Å². The summed E-state index contributed by atoms with van der Waals surface area (Å²) in [4.78, 5) is 12.1. The molecule has 6 heteroatoms.